The van der Waals surface area contributed by atoms with Gasteiger partial charge in [-0.05, 0) is 37.3 Å². The van der Waals surface area contributed by atoms with Crippen molar-refractivity contribution in [2.24, 2.45) is 0 Å². The molecule has 0 aliphatic carbocycles. The van der Waals surface area contributed by atoms with E-state index in [0.29, 0.717) is 30.9 Å². The van der Waals surface area contributed by atoms with Gasteiger partial charge in [0.25, 0.3) is 0 Å². The molecule has 2 amide bonds. The summed E-state index contributed by atoms with van der Waals surface area (Å²) in [5, 5.41) is 22.9. The van der Waals surface area contributed by atoms with Gasteiger partial charge in [0, 0.05) is 47.7 Å². The number of nitriles is 1. The first-order chi connectivity index (χ1) is 17.4. The average molecular weight is 501 g/mol. The van der Waals surface area contributed by atoms with Gasteiger partial charge in [-0.3, -0.25) is 0 Å². The van der Waals surface area contributed by atoms with Crippen molar-refractivity contribution < 1.29 is 9.18 Å². The molecule has 36 heavy (non-hydrogen) atoms. The highest BCUT2D eigenvalue weighted by Crippen LogP contribution is 2.32. The molecule has 1 saturated heterocycles. The summed E-state index contributed by atoms with van der Waals surface area (Å²) in [4.78, 5) is 16.8. The minimum absolute atomic E-state index is 0.0411. The van der Waals surface area contributed by atoms with Crippen LogP contribution >= 0.6 is 11.6 Å². The van der Waals surface area contributed by atoms with E-state index in [1.807, 2.05) is 43.3 Å². The minimum atomic E-state index is -0.532. The fourth-order valence-electron chi connectivity index (χ4n) is 4.46. The predicted octanol–water partition coefficient (Wildman–Crippen LogP) is 5.70. The van der Waals surface area contributed by atoms with E-state index < -0.39 is 5.82 Å². The minimum Gasteiger partial charge on any atom is -0.351 e. The van der Waals surface area contributed by atoms with E-state index in [1.54, 1.807) is 17.0 Å². The molecule has 1 N–H and O–H groups in total. The zero-order chi connectivity index (χ0) is 25.2. The maximum Gasteiger partial charge on any atom is 0.322 e. The molecule has 5 rings (SSSR count). The van der Waals surface area contributed by atoms with Crippen LogP contribution in [0.5, 0.6) is 0 Å². The molecule has 9 heteroatoms. The first-order valence-corrected chi connectivity index (χ1v) is 11.9. The Balaban J connectivity index is 1.36. The summed E-state index contributed by atoms with van der Waals surface area (Å²) in [6.45, 7) is 3.61. The van der Waals surface area contributed by atoms with Crippen LogP contribution < -0.4 is 10.2 Å². The quantitative estimate of drug-likeness (QED) is 0.390. The Labute approximate surface area is 212 Å². The first-order valence-electron chi connectivity index (χ1n) is 11.5. The van der Waals surface area contributed by atoms with E-state index >= 15 is 0 Å². The number of halogens is 2. The summed E-state index contributed by atoms with van der Waals surface area (Å²) in [7, 11) is 0. The van der Waals surface area contributed by atoms with Crippen LogP contribution in [0, 0.1) is 17.1 Å². The molecule has 0 radical (unpaired) electrons. The van der Waals surface area contributed by atoms with Crippen molar-refractivity contribution >= 4 is 39.9 Å². The van der Waals surface area contributed by atoms with E-state index in [9.17, 15) is 9.18 Å². The molecule has 3 aromatic carbocycles. The third kappa shape index (κ3) is 4.53. The third-order valence-electron chi connectivity index (χ3n) is 6.31. The Morgan fingerprint density at radius 3 is 2.53 bits per heavy atom. The molecular formula is C27H22ClFN6O. The SMILES string of the molecule is C[C@H]1CN(c2nnc(-c3ccc(C#N)cc3)c3ccccc23)CCN1C(=O)Nc1ccc(F)c(Cl)c1. The Morgan fingerprint density at radius 1 is 1.08 bits per heavy atom. The fraction of sp³-hybridized carbons (Fsp3) is 0.185. The molecule has 1 aliphatic rings. The Hall–Kier alpha value is -4.22. The number of nitrogens with one attached hydrogen (secondary N) is 1. The Morgan fingerprint density at radius 2 is 1.83 bits per heavy atom. The number of nitrogens with zero attached hydrogens (tertiary/aromatic N) is 5. The molecule has 1 fully saturated rings. The molecule has 1 atom stereocenters. The second-order valence-electron chi connectivity index (χ2n) is 8.65. The summed E-state index contributed by atoms with van der Waals surface area (Å²) in [5.41, 5.74) is 2.67. The van der Waals surface area contributed by atoms with E-state index in [2.05, 4.69) is 26.5 Å². The number of rotatable bonds is 3. The highest BCUT2D eigenvalue weighted by Gasteiger charge is 2.29. The van der Waals surface area contributed by atoms with Crippen molar-refractivity contribution in [3.63, 3.8) is 0 Å². The number of hydrogen-bond acceptors (Lipinski definition) is 5. The van der Waals surface area contributed by atoms with Gasteiger partial charge in [-0.2, -0.15) is 5.26 Å². The van der Waals surface area contributed by atoms with Crippen molar-refractivity contribution in [3.05, 3.63) is 83.1 Å². The van der Waals surface area contributed by atoms with Gasteiger partial charge >= 0.3 is 6.03 Å². The van der Waals surface area contributed by atoms with Crippen LogP contribution in [0.25, 0.3) is 22.0 Å². The predicted molar refractivity (Wildman–Crippen MR) is 138 cm³/mol. The lowest BCUT2D eigenvalue weighted by Gasteiger charge is -2.40. The fourth-order valence-corrected chi connectivity index (χ4v) is 4.64. The van der Waals surface area contributed by atoms with Crippen LogP contribution in [0.3, 0.4) is 0 Å². The van der Waals surface area contributed by atoms with Gasteiger partial charge < -0.3 is 15.1 Å². The van der Waals surface area contributed by atoms with E-state index in [1.165, 1.54) is 18.2 Å². The van der Waals surface area contributed by atoms with Gasteiger partial charge in [-0.25, -0.2) is 9.18 Å². The molecule has 0 unspecified atom stereocenters. The number of amides is 2. The van der Waals surface area contributed by atoms with Gasteiger partial charge in [-0.15, -0.1) is 10.2 Å². The molecule has 1 aliphatic heterocycles. The van der Waals surface area contributed by atoms with E-state index in [0.717, 1.165) is 27.8 Å². The number of fused-ring (bicyclic) bond motifs is 1. The van der Waals surface area contributed by atoms with Crippen LogP contribution in [0.2, 0.25) is 5.02 Å². The van der Waals surface area contributed by atoms with Gasteiger partial charge in [0.1, 0.15) is 11.5 Å². The lowest BCUT2D eigenvalue weighted by Crippen LogP contribution is -2.55. The smallest absolute Gasteiger partial charge is 0.322 e. The van der Waals surface area contributed by atoms with Gasteiger partial charge in [0.05, 0.1) is 16.7 Å². The average Bonchev–Trinajstić information content (AvgIpc) is 2.90. The molecule has 0 saturated carbocycles. The third-order valence-corrected chi connectivity index (χ3v) is 6.60. The summed E-state index contributed by atoms with van der Waals surface area (Å²) >= 11 is 5.84. The summed E-state index contributed by atoms with van der Waals surface area (Å²) in [5.74, 6) is 0.232. The van der Waals surface area contributed by atoms with Crippen LogP contribution in [0.1, 0.15) is 12.5 Å². The zero-order valence-corrected chi connectivity index (χ0v) is 20.2. The summed E-state index contributed by atoms with van der Waals surface area (Å²) < 4.78 is 13.4. The number of piperazine rings is 1. The van der Waals surface area contributed by atoms with Gasteiger partial charge in [0.15, 0.2) is 5.82 Å². The van der Waals surface area contributed by atoms with E-state index in [-0.39, 0.29) is 17.1 Å². The summed E-state index contributed by atoms with van der Waals surface area (Å²) in [6.07, 6.45) is 0. The van der Waals surface area contributed by atoms with Crippen molar-refractivity contribution in [2.45, 2.75) is 13.0 Å². The normalized spacial score (nSPS) is 15.6. The second kappa shape index (κ2) is 9.80. The van der Waals surface area contributed by atoms with Crippen molar-refractivity contribution in [2.75, 3.05) is 29.9 Å². The lowest BCUT2D eigenvalue weighted by atomic mass is 10.0. The molecule has 1 aromatic heterocycles. The number of benzene rings is 3. The molecule has 4 aromatic rings. The van der Waals surface area contributed by atoms with Crippen molar-refractivity contribution in [3.8, 4) is 17.3 Å². The maximum absolute atomic E-state index is 13.4. The van der Waals surface area contributed by atoms with Gasteiger partial charge in [0.2, 0.25) is 0 Å². The number of carbonyl (C=O) groups excluding carboxylic acids is 1. The van der Waals surface area contributed by atoms with Crippen LogP contribution in [-0.2, 0) is 0 Å². The monoisotopic (exact) mass is 500 g/mol. The van der Waals surface area contributed by atoms with Crippen LogP contribution in [-0.4, -0.2) is 46.8 Å². The molecule has 180 valence electrons. The van der Waals surface area contributed by atoms with Crippen LogP contribution in [0.15, 0.2) is 66.7 Å². The molecule has 0 bridgehead atoms. The topological polar surface area (TPSA) is 85.2 Å². The number of hydrogen-bond donors (Lipinski definition) is 1. The highest BCUT2D eigenvalue weighted by atomic mass is 35.5. The highest BCUT2D eigenvalue weighted by molar-refractivity contribution is 6.31. The Kier molecular flexibility index (Phi) is 6.40. The maximum atomic E-state index is 13.4. The molecule has 0 spiro atoms. The lowest BCUT2D eigenvalue weighted by molar-refractivity contribution is 0.184. The summed E-state index contributed by atoms with van der Waals surface area (Å²) in [6, 6.07) is 21.1. The first kappa shape index (κ1) is 23.5. The number of anilines is 2. The second-order valence-corrected chi connectivity index (χ2v) is 9.06. The molecule has 2 heterocycles. The number of carbonyl (C=O) groups is 1. The molecule has 7 nitrogen and oxygen atoms in total. The van der Waals surface area contributed by atoms with Crippen molar-refractivity contribution in [1.82, 2.24) is 15.1 Å². The van der Waals surface area contributed by atoms with E-state index in [4.69, 9.17) is 16.9 Å². The standard InChI is InChI=1S/C27H22ClFN6O/c1-17-16-34(12-13-35(17)27(36)31-20-10-11-24(29)23(28)14-20)26-22-5-3-2-4-21(22)25(32-33-26)19-8-6-18(15-30)7-9-19/h2-11,14,17H,12-13,16H2,1H3,(H,31,36)/t17-/m0/s1. The largest absolute Gasteiger partial charge is 0.351 e. The van der Waals surface area contributed by atoms with Gasteiger partial charge in [-0.1, -0.05) is 48.0 Å². The number of aromatic nitrogens is 2. The zero-order valence-electron chi connectivity index (χ0n) is 19.4. The number of urea groups is 1. The van der Waals surface area contributed by atoms with Crippen molar-refractivity contribution in [1.29, 1.82) is 5.26 Å². The Bertz CT molecular complexity index is 1490. The van der Waals surface area contributed by atoms with Crippen LogP contribution in [0.4, 0.5) is 20.7 Å². The molecular weight excluding hydrogens is 479 g/mol.